The lowest BCUT2D eigenvalue weighted by atomic mass is 10.1. The highest BCUT2D eigenvalue weighted by Crippen LogP contribution is 2.16. The van der Waals surface area contributed by atoms with Crippen molar-refractivity contribution < 1.29 is 14.3 Å². The molecule has 0 aliphatic carbocycles. The van der Waals surface area contributed by atoms with Gasteiger partial charge in [0.15, 0.2) is 0 Å². The molecule has 2 N–H and O–H groups in total. The van der Waals surface area contributed by atoms with Gasteiger partial charge in [-0.1, -0.05) is 42.5 Å². The van der Waals surface area contributed by atoms with Crippen LogP contribution in [0.2, 0.25) is 0 Å². The number of fused-ring (bicyclic) bond motifs is 1. The van der Waals surface area contributed by atoms with E-state index in [1.165, 1.54) is 0 Å². The summed E-state index contributed by atoms with van der Waals surface area (Å²) in [5, 5.41) is 2.21. The molecule has 0 unspecified atom stereocenters. The molecule has 0 saturated carbocycles. The van der Waals surface area contributed by atoms with Gasteiger partial charge in [-0.15, -0.1) is 0 Å². The maximum atomic E-state index is 12.1. The minimum atomic E-state index is -0.375. The summed E-state index contributed by atoms with van der Waals surface area (Å²) in [4.78, 5) is 24.2. The molecule has 0 aliphatic heterocycles. The second-order valence-electron chi connectivity index (χ2n) is 5.82. The van der Waals surface area contributed by atoms with Crippen LogP contribution in [0.5, 0.6) is 5.75 Å². The molecule has 0 saturated heterocycles. The van der Waals surface area contributed by atoms with Crippen LogP contribution in [-0.4, -0.2) is 18.4 Å². The minimum absolute atomic E-state index is 0.189. The maximum absolute atomic E-state index is 12.1. The average molecular weight is 348 g/mol. The fraction of sp³-hybridized carbons (Fsp3) is 0.143. The van der Waals surface area contributed by atoms with Gasteiger partial charge in [-0.2, -0.15) is 0 Å². The van der Waals surface area contributed by atoms with Gasteiger partial charge in [0.25, 0.3) is 5.91 Å². The number of carbonyl (C=O) groups is 2. The summed E-state index contributed by atoms with van der Waals surface area (Å²) in [6, 6.07) is 20.6. The first-order valence-electron chi connectivity index (χ1n) is 8.45. The Hall–Kier alpha value is -3.34. The van der Waals surface area contributed by atoms with Crippen LogP contribution in [0.25, 0.3) is 10.8 Å². The predicted molar refractivity (Wildman–Crippen MR) is 101 cm³/mol. The summed E-state index contributed by atoms with van der Waals surface area (Å²) >= 11 is 0. The van der Waals surface area contributed by atoms with Crippen LogP contribution in [0.15, 0.2) is 66.7 Å². The Bertz CT molecular complexity index is 920. The van der Waals surface area contributed by atoms with Gasteiger partial charge in [-0.25, -0.2) is 0 Å². The van der Waals surface area contributed by atoms with E-state index in [1.807, 2.05) is 49.4 Å². The molecule has 26 heavy (non-hydrogen) atoms. The van der Waals surface area contributed by atoms with E-state index in [0.29, 0.717) is 17.9 Å². The number of benzene rings is 3. The van der Waals surface area contributed by atoms with Crippen LogP contribution in [0.1, 0.15) is 22.8 Å². The average Bonchev–Trinajstić information content (AvgIpc) is 2.67. The molecule has 0 spiro atoms. The van der Waals surface area contributed by atoms with Crippen molar-refractivity contribution in [3.8, 4) is 5.75 Å². The van der Waals surface area contributed by atoms with Gasteiger partial charge < -0.3 is 4.74 Å². The Morgan fingerprint density at radius 2 is 1.62 bits per heavy atom. The molecule has 3 aromatic rings. The van der Waals surface area contributed by atoms with E-state index in [2.05, 4.69) is 10.9 Å². The largest absolute Gasteiger partial charge is 0.494 e. The Labute approximate surface area is 152 Å². The van der Waals surface area contributed by atoms with Gasteiger partial charge in [0.05, 0.1) is 13.0 Å². The molecular weight excluding hydrogens is 328 g/mol. The van der Waals surface area contributed by atoms with E-state index in [1.54, 1.807) is 24.3 Å². The standard InChI is InChI=1S/C21H20N2O3/c1-2-26-19-11-9-17(10-12-19)21(25)23-22-20(24)14-15-7-8-16-5-3-4-6-18(16)13-15/h3-13H,2,14H2,1H3,(H,22,24)(H,23,25). The number of carbonyl (C=O) groups excluding carboxylic acids is 2. The monoisotopic (exact) mass is 348 g/mol. The summed E-state index contributed by atoms with van der Waals surface area (Å²) in [5.74, 6) is 0.0452. The second kappa shape index (κ2) is 8.16. The third-order valence-electron chi connectivity index (χ3n) is 3.92. The number of rotatable bonds is 5. The van der Waals surface area contributed by atoms with Gasteiger partial charge in [-0.3, -0.25) is 20.4 Å². The lowest BCUT2D eigenvalue weighted by Crippen LogP contribution is -2.42. The summed E-state index contributed by atoms with van der Waals surface area (Å²) in [7, 11) is 0. The molecule has 0 aromatic heterocycles. The molecule has 132 valence electrons. The van der Waals surface area contributed by atoms with Gasteiger partial charge in [0, 0.05) is 5.56 Å². The molecule has 0 atom stereocenters. The fourth-order valence-corrected chi connectivity index (χ4v) is 2.65. The van der Waals surface area contributed by atoms with Crippen LogP contribution < -0.4 is 15.6 Å². The quantitative estimate of drug-likeness (QED) is 0.696. The van der Waals surface area contributed by atoms with Crippen LogP contribution in [0.4, 0.5) is 0 Å². The summed E-state index contributed by atoms with van der Waals surface area (Å²) < 4.78 is 5.33. The summed E-state index contributed by atoms with van der Waals surface area (Å²) in [6.07, 6.45) is 0.189. The summed E-state index contributed by atoms with van der Waals surface area (Å²) in [5.41, 5.74) is 6.21. The van der Waals surface area contributed by atoms with Gasteiger partial charge in [0.2, 0.25) is 5.91 Å². The van der Waals surface area contributed by atoms with Crippen molar-refractivity contribution in [2.24, 2.45) is 0 Å². The molecule has 5 heteroatoms. The zero-order chi connectivity index (χ0) is 18.4. The van der Waals surface area contributed by atoms with Crippen LogP contribution in [0.3, 0.4) is 0 Å². The van der Waals surface area contributed by atoms with E-state index >= 15 is 0 Å². The topological polar surface area (TPSA) is 67.4 Å². The minimum Gasteiger partial charge on any atom is -0.494 e. The molecule has 3 aromatic carbocycles. The van der Waals surface area contributed by atoms with Crippen molar-refractivity contribution in [3.63, 3.8) is 0 Å². The van der Waals surface area contributed by atoms with Crippen LogP contribution in [-0.2, 0) is 11.2 Å². The Morgan fingerprint density at radius 1 is 0.885 bits per heavy atom. The summed E-state index contributed by atoms with van der Waals surface area (Å²) in [6.45, 7) is 2.46. The number of hydrazine groups is 1. The highest BCUT2D eigenvalue weighted by molar-refractivity contribution is 5.95. The first-order chi connectivity index (χ1) is 12.7. The van der Waals surface area contributed by atoms with Crippen molar-refractivity contribution in [2.45, 2.75) is 13.3 Å². The Balaban J connectivity index is 1.54. The van der Waals surface area contributed by atoms with Crippen molar-refractivity contribution in [2.75, 3.05) is 6.61 Å². The number of amides is 2. The van der Waals surface area contributed by atoms with Crippen LogP contribution >= 0.6 is 0 Å². The highest BCUT2D eigenvalue weighted by atomic mass is 16.5. The maximum Gasteiger partial charge on any atom is 0.269 e. The molecule has 5 nitrogen and oxygen atoms in total. The fourth-order valence-electron chi connectivity index (χ4n) is 2.65. The SMILES string of the molecule is CCOc1ccc(C(=O)NNC(=O)Cc2ccc3ccccc3c2)cc1. The first kappa shape index (κ1) is 17.5. The van der Waals surface area contributed by atoms with Crippen LogP contribution in [0, 0.1) is 0 Å². The molecular formula is C21H20N2O3. The van der Waals surface area contributed by atoms with Crippen molar-refractivity contribution in [1.82, 2.24) is 10.9 Å². The van der Waals surface area contributed by atoms with E-state index in [4.69, 9.17) is 4.74 Å². The lowest BCUT2D eigenvalue weighted by Gasteiger charge is -2.09. The third kappa shape index (κ3) is 4.39. The molecule has 0 heterocycles. The van der Waals surface area contributed by atoms with Gasteiger partial charge in [0.1, 0.15) is 5.75 Å². The first-order valence-corrected chi connectivity index (χ1v) is 8.45. The Morgan fingerprint density at radius 3 is 2.35 bits per heavy atom. The third-order valence-corrected chi connectivity index (χ3v) is 3.92. The zero-order valence-corrected chi connectivity index (χ0v) is 14.5. The van der Waals surface area contributed by atoms with Crippen molar-refractivity contribution in [1.29, 1.82) is 0 Å². The number of nitrogens with one attached hydrogen (secondary N) is 2. The molecule has 0 aliphatic rings. The van der Waals surface area contributed by atoms with Gasteiger partial charge >= 0.3 is 0 Å². The van der Waals surface area contributed by atoms with E-state index in [0.717, 1.165) is 16.3 Å². The Kier molecular flexibility index (Phi) is 5.49. The zero-order valence-electron chi connectivity index (χ0n) is 14.5. The number of hydrogen-bond donors (Lipinski definition) is 2. The number of ether oxygens (including phenoxy) is 1. The second-order valence-corrected chi connectivity index (χ2v) is 5.82. The smallest absolute Gasteiger partial charge is 0.269 e. The normalized spacial score (nSPS) is 10.3. The molecule has 2 amide bonds. The van der Waals surface area contributed by atoms with Crippen molar-refractivity contribution in [3.05, 3.63) is 77.9 Å². The molecule has 3 rings (SSSR count). The molecule has 0 fully saturated rings. The number of hydrogen-bond acceptors (Lipinski definition) is 3. The molecule has 0 radical (unpaired) electrons. The highest BCUT2D eigenvalue weighted by Gasteiger charge is 2.08. The lowest BCUT2D eigenvalue weighted by molar-refractivity contribution is -0.121. The predicted octanol–water partition coefficient (Wildman–Crippen LogP) is 3.24. The van der Waals surface area contributed by atoms with E-state index < -0.39 is 0 Å². The molecule has 0 bridgehead atoms. The van der Waals surface area contributed by atoms with Gasteiger partial charge in [-0.05, 0) is 47.5 Å². The van der Waals surface area contributed by atoms with E-state index in [9.17, 15) is 9.59 Å². The van der Waals surface area contributed by atoms with E-state index in [-0.39, 0.29) is 18.2 Å². The van der Waals surface area contributed by atoms with Crippen molar-refractivity contribution >= 4 is 22.6 Å².